The van der Waals surface area contributed by atoms with Crippen LogP contribution >= 0.6 is 11.3 Å². The van der Waals surface area contributed by atoms with Crippen molar-refractivity contribution in [2.45, 2.75) is 6.92 Å². The molecule has 0 spiro atoms. The van der Waals surface area contributed by atoms with Gasteiger partial charge in [0.15, 0.2) is 5.06 Å². The maximum Gasteiger partial charge on any atom is 0.309 e. The average molecular weight is 192 g/mol. The molecular formula is C6H8O3S2. The largest absolute Gasteiger partial charge is 0.371 e. The van der Waals surface area contributed by atoms with Gasteiger partial charge in [0.1, 0.15) is 0 Å². The lowest BCUT2D eigenvalue weighted by molar-refractivity contribution is 0.494. The Balaban J connectivity index is 2.72. The van der Waals surface area contributed by atoms with Gasteiger partial charge in [0.2, 0.25) is 0 Å². The van der Waals surface area contributed by atoms with E-state index in [9.17, 15) is 8.42 Å². The highest BCUT2D eigenvalue weighted by atomic mass is 32.2. The Labute approximate surface area is 69.7 Å². The highest BCUT2D eigenvalue weighted by Gasteiger charge is 2.08. The van der Waals surface area contributed by atoms with Gasteiger partial charge >= 0.3 is 10.1 Å². The third-order valence-electron chi connectivity index (χ3n) is 1.06. The molecule has 1 aromatic rings. The van der Waals surface area contributed by atoms with Crippen molar-refractivity contribution in [2.24, 2.45) is 0 Å². The lowest BCUT2D eigenvalue weighted by Gasteiger charge is -1.99. The topological polar surface area (TPSA) is 43.4 Å². The predicted molar refractivity (Wildman–Crippen MR) is 44.4 cm³/mol. The summed E-state index contributed by atoms with van der Waals surface area (Å²) in [5, 5.41) is 2.19. The van der Waals surface area contributed by atoms with E-state index in [1.165, 1.54) is 11.3 Å². The molecule has 62 valence electrons. The summed E-state index contributed by atoms with van der Waals surface area (Å²) in [6.45, 7) is 1.54. The minimum absolute atomic E-state index is 0.00486. The van der Waals surface area contributed by atoms with E-state index in [0.717, 1.165) is 0 Å². The van der Waals surface area contributed by atoms with Gasteiger partial charge < -0.3 is 4.18 Å². The monoisotopic (exact) mass is 192 g/mol. The van der Waals surface area contributed by atoms with E-state index >= 15 is 0 Å². The summed E-state index contributed by atoms with van der Waals surface area (Å²) in [4.78, 5) is 0. The molecule has 0 saturated carbocycles. The SMILES string of the molecule is CCS(=O)(=O)Oc1cccs1. The van der Waals surface area contributed by atoms with E-state index in [1.807, 2.05) is 0 Å². The van der Waals surface area contributed by atoms with Crippen LogP contribution in [0.5, 0.6) is 5.06 Å². The summed E-state index contributed by atoms with van der Waals surface area (Å²) in [5.74, 6) is 0.00486. The summed E-state index contributed by atoms with van der Waals surface area (Å²) >= 11 is 1.26. The van der Waals surface area contributed by atoms with Gasteiger partial charge in [-0.25, -0.2) is 0 Å². The molecular weight excluding hydrogens is 184 g/mol. The van der Waals surface area contributed by atoms with Gasteiger partial charge in [-0.3, -0.25) is 0 Å². The van der Waals surface area contributed by atoms with Crippen LogP contribution in [0.3, 0.4) is 0 Å². The zero-order chi connectivity index (χ0) is 8.32. The molecule has 0 aliphatic heterocycles. The van der Waals surface area contributed by atoms with Crippen molar-refractivity contribution in [1.29, 1.82) is 0 Å². The minimum atomic E-state index is -3.33. The first-order valence-electron chi connectivity index (χ1n) is 3.10. The molecule has 0 fully saturated rings. The van der Waals surface area contributed by atoms with Crippen molar-refractivity contribution in [3.05, 3.63) is 17.5 Å². The molecule has 3 nitrogen and oxygen atoms in total. The molecule has 0 unspecified atom stereocenters. The Hall–Kier alpha value is -0.550. The molecule has 0 aliphatic rings. The normalized spacial score (nSPS) is 11.4. The first kappa shape index (κ1) is 8.55. The van der Waals surface area contributed by atoms with E-state index in [-0.39, 0.29) is 5.75 Å². The zero-order valence-electron chi connectivity index (χ0n) is 5.98. The highest BCUT2D eigenvalue weighted by molar-refractivity contribution is 7.87. The zero-order valence-corrected chi connectivity index (χ0v) is 7.61. The maximum atomic E-state index is 10.9. The van der Waals surface area contributed by atoms with E-state index in [0.29, 0.717) is 5.06 Å². The number of thiophene rings is 1. The van der Waals surface area contributed by atoms with Crippen LogP contribution < -0.4 is 4.18 Å². The second-order valence-electron chi connectivity index (χ2n) is 1.86. The summed E-state index contributed by atoms with van der Waals surface area (Å²) < 4.78 is 26.4. The van der Waals surface area contributed by atoms with Gasteiger partial charge in [0.25, 0.3) is 0 Å². The van der Waals surface area contributed by atoms with Crippen LogP contribution in [0.4, 0.5) is 0 Å². The molecule has 0 amide bonds. The minimum Gasteiger partial charge on any atom is -0.371 e. The summed E-state index contributed by atoms with van der Waals surface area (Å²) in [6.07, 6.45) is 0. The fraction of sp³-hybridized carbons (Fsp3) is 0.333. The van der Waals surface area contributed by atoms with Crippen LogP contribution in [0, 0.1) is 0 Å². The smallest absolute Gasteiger partial charge is 0.309 e. The molecule has 0 bridgehead atoms. The molecule has 1 heterocycles. The molecule has 0 radical (unpaired) electrons. The molecule has 5 heteroatoms. The second kappa shape index (κ2) is 3.23. The standard InChI is InChI=1S/C6H8O3S2/c1-2-11(7,8)9-6-4-3-5-10-6/h3-5H,2H2,1H3. The van der Waals surface area contributed by atoms with Crippen molar-refractivity contribution >= 4 is 21.5 Å². The van der Waals surface area contributed by atoms with Gasteiger partial charge in [0, 0.05) is 0 Å². The van der Waals surface area contributed by atoms with Crippen molar-refractivity contribution < 1.29 is 12.6 Å². The Bertz CT molecular complexity index is 299. The van der Waals surface area contributed by atoms with Crippen molar-refractivity contribution in [3.63, 3.8) is 0 Å². The molecule has 0 saturated heterocycles. The first-order chi connectivity index (χ1) is 5.14. The van der Waals surface area contributed by atoms with Crippen LogP contribution in [0.1, 0.15) is 6.92 Å². The summed E-state index contributed by atoms with van der Waals surface area (Å²) in [5.41, 5.74) is 0. The highest BCUT2D eigenvalue weighted by Crippen LogP contribution is 2.19. The van der Waals surface area contributed by atoms with Crippen LogP contribution in [0.2, 0.25) is 0 Å². The van der Waals surface area contributed by atoms with Crippen molar-refractivity contribution in [3.8, 4) is 5.06 Å². The van der Waals surface area contributed by atoms with Gasteiger partial charge in [-0.1, -0.05) is 0 Å². The third-order valence-corrected chi connectivity index (χ3v) is 3.05. The van der Waals surface area contributed by atoms with E-state index in [1.54, 1.807) is 24.4 Å². The fourth-order valence-electron chi connectivity index (χ4n) is 0.495. The number of hydrogen-bond acceptors (Lipinski definition) is 4. The Morgan fingerprint density at radius 3 is 2.82 bits per heavy atom. The van der Waals surface area contributed by atoms with Crippen molar-refractivity contribution in [1.82, 2.24) is 0 Å². The molecule has 0 N–H and O–H groups in total. The Kier molecular flexibility index (Phi) is 2.51. The molecule has 0 aliphatic carbocycles. The molecule has 11 heavy (non-hydrogen) atoms. The summed E-state index contributed by atoms with van der Waals surface area (Å²) in [6, 6.07) is 3.36. The van der Waals surface area contributed by atoms with Crippen LogP contribution in [0.25, 0.3) is 0 Å². The van der Waals surface area contributed by atoms with E-state index in [2.05, 4.69) is 4.18 Å². The third kappa shape index (κ3) is 2.51. The fourth-order valence-corrected chi connectivity index (χ4v) is 1.84. The van der Waals surface area contributed by atoms with Crippen LogP contribution in [0.15, 0.2) is 17.5 Å². The molecule has 1 rings (SSSR count). The Morgan fingerprint density at radius 1 is 1.64 bits per heavy atom. The van der Waals surface area contributed by atoms with E-state index < -0.39 is 10.1 Å². The Morgan fingerprint density at radius 2 is 2.36 bits per heavy atom. The van der Waals surface area contributed by atoms with E-state index in [4.69, 9.17) is 0 Å². The lowest BCUT2D eigenvalue weighted by atomic mass is 10.7. The molecule has 1 aromatic heterocycles. The maximum absolute atomic E-state index is 10.9. The van der Waals surface area contributed by atoms with Gasteiger partial charge in [-0.2, -0.15) is 8.42 Å². The lowest BCUT2D eigenvalue weighted by Crippen LogP contribution is -2.10. The first-order valence-corrected chi connectivity index (χ1v) is 5.55. The predicted octanol–water partition coefficient (Wildman–Crippen LogP) is 1.48. The van der Waals surface area contributed by atoms with Gasteiger partial charge in [-0.15, -0.1) is 11.3 Å². The average Bonchev–Trinajstić information content (AvgIpc) is 2.39. The van der Waals surface area contributed by atoms with Gasteiger partial charge in [0.05, 0.1) is 5.75 Å². The molecule has 0 aromatic carbocycles. The second-order valence-corrected chi connectivity index (χ2v) is 4.63. The van der Waals surface area contributed by atoms with Crippen molar-refractivity contribution in [2.75, 3.05) is 5.75 Å². The van der Waals surface area contributed by atoms with Crippen LogP contribution in [-0.4, -0.2) is 14.2 Å². The quantitative estimate of drug-likeness (QED) is 0.681. The number of hydrogen-bond donors (Lipinski definition) is 0. The van der Waals surface area contributed by atoms with Crippen LogP contribution in [-0.2, 0) is 10.1 Å². The summed E-state index contributed by atoms with van der Waals surface area (Å²) in [7, 11) is -3.33. The molecule has 0 atom stereocenters. The van der Waals surface area contributed by atoms with Gasteiger partial charge in [-0.05, 0) is 24.4 Å². The number of rotatable bonds is 3.